The molecule has 0 saturated carbocycles. The molecule has 188 valence electrons. The van der Waals surface area contributed by atoms with Crippen LogP contribution >= 0.6 is 0 Å². The number of hydrogen-bond donors (Lipinski definition) is 1. The van der Waals surface area contributed by atoms with Gasteiger partial charge in [-0.15, -0.1) is 0 Å². The molecule has 0 radical (unpaired) electrons. The van der Waals surface area contributed by atoms with Gasteiger partial charge in [-0.2, -0.15) is 0 Å². The number of nitrogens with zero attached hydrogens (tertiary/aromatic N) is 1. The quantitative estimate of drug-likeness (QED) is 0.368. The topological polar surface area (TPSA) is 58.6 Å². The van der Waals surface area contributed by atoms with Gasteiger partial charge < -0.3 is 15.0 Å². The number of rotatable bonds is 7. The minimum absolute atomic E-state index is 0.124. The van der Waals surface area contributed by atoms with Crippen LogP contribution in [0.5, 0.6) is 5.75 Å². The van der Waals surface area contributed by atoms with E-state index in [1.54, 1.807) is 7.11 Å². The molecule has 0 bridgehead atoms. The van der Waals surface area contributed by atoms with E-state index in [1.165, 1.54) is 0 Å². The number of nitrogens with one attached hydrogen (secondary N) is 1. The summed E-state index contributed by atoms with van der Waals surface area (Å²) in [4.78, 5) is 28.9. The summed E-state index contributed by atoms with van der Waals surface area (Å²) >= 11 is 0. The van der Waals surface area contributed by atoms with Crippen molar-refractivity contribution in [3.63, 3.8) is 0 Å². The van der Waals surface area contributed by atoms with Crippen LogP contribution in [0.1, 0.15) is 80.7 Å². The number of carbonyl (C=O) groups excluding carboxylic acids is 2. The van der Waals surface area contributed by atoms with Crippen molar-refractivity contribution in [3.8, 4) is 5.75 Å². The van der Waals surface area contributed by atoms with E-state index >= 15 is 0 Å². The molecule has 0 spiro atoms. The summed E-state index contributed by atoms with van der Waals surface area (Å²) in [7, 11) is 1.64. The van der Waals surface area contributed by atoms with E-state index in [0.717, 1.165) is 52.2 Å². The lowest BCUT2D eigenvalue weighted by Gasteiger charge is -2.38. The maximum atomic E-state index is 13.8. The zero-order valence-electron chi connectivity index (χ0n) is 21.9. The molecule has 36 heavy (non-hydrogen) atoms. The Morgan fingerprint density at radius 2 is 1.61 bits per heavy atom. The predicted octanol–water partition coefficient (Wildman–Crippen LogP) is 6.99. The first kappa shape index (κ1) is 25.5. The van der Waals surface area contributed by atoms with Gasteiger partial charge in [0, 0.05) is 11.4 Å². The van der Waals surface area contributed by atoms with Crippen molar-refractivity contribution in [2.45, 2.75) is 64.8 Å². The van der Waals surface area contributed by atoms with Gasteiger partial charge in [0.25, 0.3) is 0 Å². The highest BCUT2D eigenvalue weighted by Gasteiger charge is 2.33. The van der Waals surface area contributed by atoms with Crippen LogP contribution in [0.4, 0.5) is 11.4 Å². The zero-order valence-corrected chi connectivity index (χ0v) is 21.9. The van der Waals surface area contributed by atoms with Crippen molar-refractivity contribution in [2.24, 2.45) is 0 Å². The molecule has 1 aliphatic rings. The maximum absolute atomic E-state index is 13.8. The Hall–Kier alpha value is -3.60. The Labute approximate surface area is 214 Å². The Bertz CT molecular complexity index is 1210. The van der Waals surface area contributed by atoms with E-state index in [0.29, 0.717) is 0 Å². The number of fused-ring (bicyclic) bond motifs is 1. The van der Waals surface area contributed by atoms with Crippen LogP contribution in [0.3, 0.4) is 0 Å². The molecule has 4 rings (SSSR count). The fourth-order valence-corrected chi connectivity index (χ4v) is 5.11. The summed E-state index contributed by atoms with van der Waals surface area (Å²) < 4.78 is 5.41. The van der Waals surface area contributed by atoms with Crippen LogP contribution in [0.25, 0.3) is 0 Å². The smallest absolute Gasteiger partial charge is 0.237 e. The summed E-state index contributed by atoms with van der Waals surface area (Å²) in [5.74, 6) is 0.772. The largest absolute Gasteiger partial charge is 0.497 e. The van der Waals surface area contributed by atoms with Crippen LogP contribution < -0.4 is 15.0 Å². The number of benzene rings is 3. The predicted molar refractivity (Wildman–Crippen MR) is 146 cm³/mol. The SMILES string of the molecule is COc1ccc2c(c1)CCC(c1ccccc1)N2C(=O)CC(=O)Nc1c(C(C)C)cccc1C(C)C. The molecule has 1 heterocycles. The van der Waals surface area contributed by atoms with E-state index in [4.69, 9.17) is 4.74 Å². The van der Waals surface area contributed by atoms with Gasteiger partial charge in [0.15, 0.2) is 0 Å². The molecule has 1 N–H and O–H groups in total. The number of carbonyl (C=O) groups is 2. The van der Waals surface area contributed by atoms with E-state index in [9.17, 15) is 9.59 Å². The Morgan fingerprint density at radius 1 is 0.944 bits per heavy atom. The van der Waals surface area contributed by atoms with Crippen molar-refractivity contribution in [3.05, 3.63) is 89.0 Å². The molecule has 0 aromatic heterocycles. The fourth-order valence-electron chi connectivity index (χ4n) is 5.11. The number of methoxy groups -OCH3 is 1. The van der Waals surface area contributed by atoms with Crippen LogP contribution in [-0.4, -0.2) is 18.9 Å². The number of hydrogen-bond acceptors (Lipinski definition) is 3. The highest BCUT2D eigenvalue weighted by Crippen LogP contribution is 2.40. The lowest BCUT2D eigenvalue weighted by Crippen LogP contribution is -2.40. The first-order valence-corrected chi connectivity index (χ1v) is 12.8. The number of amides is 2. The molecule has 0 saturated heterocycles. The molecule has 5 nitrogen and oxygen atoms in total. The zero-order chi connectivity index (χ0) is 25.8. The molecule has 2 amide bonds. The van der Waals surface area contributed by atoms with E-state index < -0.39 is 0 Å². The molecule has 5 heteroatoms. The summed E-state index contributed by atoms with van der Waals surface area (Å²) in [6, 6.07) is 21.9. The van der Waals surface area contributed by atoms with Crippen molar-refractivity contribution < 1.29 is 14.3 Å². The van der Waals surface area contributed by atoms with Crippen molar-refractivity contribution >= 4 is 23.2 Å². The van der Waals surface area contributed by atoms with Crippen molar-refractivity contribution in [1.29, 1.82) is 0 Å². The minimum atomic E-state index is -0.289. The molecular formula is C31H36N2O3. The van der Waals surface area contributed by atoms with Gasteiger partial charge >= 0.3 is 0 Å². The highest BCUT2D eigenvalue weighted by atomic mass is 16.5. The van der Waals surface area contributed by atoms with Crippen molar-refractivity contribution in [2.75, 3.05) is 17.3 Å². The molecule has 3 aromatic carbocycles. The first-order valence-electron chi connectivity index (χ1n) is 12.8. The summed E-state index contributed by atoms with van der Waals surface area (Å²) in [5.41, 5.74) is 5.98. The van der Waals surface area contributed by atoms with Crippen LogP contribution in [0.15, 0.2) is 66.7 Å². The number of ether oxygens (including phenoxy) is 1. The highest BCUT2D eigenvalue weighted by molar-refractivity contribution is 6.10. The maximum Gasteiger partial charge on any atom is 0.237 e. The number of aryl methyl sites for hydroxylation is 1. The van der Waals surface area contributed by atoms with Gasteiger partial charge in [0.2, 0.25) is 11.8 Å². The summed E-state index contributed by atoms with van der Waals surface area (Å²) in [6.07, 6.45) is 1.39. The Balaban J connectivity index is 1.64. The lowest BCUT2D eigenvalue weighted by atomic mass is 9.90. The second-order valence-corrected chi connectivity index (χ2v) is 10.1. The number of para-hydroxylation sites is 1. The lowest BCUT2D eigenvalue weighted by molar-refractivity contribution is -0.125. The molecule has 1 aliphatic heterocycles. The molecular weight excluding hydrogens is 448 g/mol. The third-order valence-electron chi connectivity index (χ3n) is 6.95. The summed E-state index contributed by atoms with van der Waals surface area (Å²) in [5, 5.41) is 3.10. The fraction of sp³-hybridized carbons (Fsp3) is 0.355. The second-order valence-electron chi connectivity index (χ2n) is 10.1. The van der Waals surface area contributed by atoms with Gasteiger partial charge in [-0.05, 0) is 65.1 Å². The van der Waals surface area contributed by atoms with Gasteiger partial charge in [-0.1, -0.05) is 76.2 Å². The molecule has 3 aromatic rings. The molecule has 0 aliphatic carbocycles. The van der Waals surface area contributed by atoms with Gasteiger partial charge in [0.1, 0.15) is 12.2 Å². The molecule has 0 fully saturated rings. The molecule has 1 atom stereocenters. The van der Waals surface area contributed by atoms with E-state index in [-0.39, 0.29) is 36.1 Å². The average molecular weight is 485 g/mol. The average Bonchev–Trinajstić information content (AvgIpc) is 2.87. The van der Waals surface area contributed by atoms with Crippen molar-refractivity contribution in [1.82, 2.24) is 0 Å². The van der Waals surface area contributed by atoms with Crippen LogP contribution in [0, 0.1) is 0 Å². The van der Waals surface area contributed by atoms with E-state index in [2.05, 4.69) is 33.0 Å². The Morgan fingerprint density at radius 3 is 2.22 bits per heavy atom. The Kier molecular flexibility index (Phi) is 7.78. The standard InChI is InChI=1S/C31H36N2O3/c1-20(2)25-12-9-13-26(21(3)4)31(25)32-29(34)19-30(35)33-27(22-10-7-6-8-11-22)16-14-23-18-24(36-5)15-17-28(23)33/h6-13,15,17-18,20-21,27H,14,16,19H2,1-5H3,(H,32,34). The van der Waals surface area contributed by atoms with E-state index in [1.807, 2.05) is 71.6 Å². The van der Waals surface area contributed by atoms with Crippen LogP contribution in [-0.2, 0) is 16.0 Å². The summed E-state index contributed by atoms with van der Waals surface area (Å²) in [6.45, 7) is 8.46. The molecule has 1 unspecified atom stereocenters. The number of anilines is 2. The minimum Gasteiger partial charge on any atom is -0.497 e. The third-order valence-corrected chi connectivity index (χ3v) is 6.95. The second kappa shape index (κ2) is 11.0. The van der Waals surface area contributed by atoms with Gasteiger partial charge in [-0.3, -0.25) is 9.59 Å². The third kappa shape index (κ3) is 5.30. The van der Waals surface area contributed by atoms with Gasteiger partial charge in [0.05, 0.1) is 13.2 Å². The van der Waals surface area contributed by atoms with Crippen LogP contribution in [0.2, 0.25) is 0 Å². The first-order chi connectivity index (χ1) is 17.3. The van der Waals surface area contributed by atoms with Gasteiger partial charge in [-0.25, -0.2) is 0 Å². The normalized spacial score (nSPS) is 15.1. The monoisotopic (exact) mass is 484 g/mol.